The van der Waals surface area contributed by atoms with Crippen LogP contribution in [0.5, 0.6) is 0 Å². The van der Waals surface area contributed by atoms with Gasteiger partial charge in [-0.1, -0.05) is 30.3 Å². The highest BCUT2D eigenvalue weighted by atomic mass is 32.1. The summed E-state index contributed by atoms with van der Waals surface area (Å²) in [6.07, 6.45) is 2.51. The van der Waals surface area contributed by atoms with Crippen molar-refractivity contribution in [1.29, 1.82) is 0 Å². The molecule has 2 N–H and O–H groups in total. The summed E-state index contributed by atoms with van der Waals surface area (Å²) < 4.78 is 6.54. The number of para-hydroxylation sites is 2. The molecule has 2 atom stereocenters. The molecule has 1 heterocycles. The van der Waals surface area contributed by atoms with Crippen LogP contribution in [0.2, 0.25) is 0 Å². The zero-order valence-electron chi connectivity index (χ0n) is 15.3. The maximum absolute atomic E-state index is 12.6. The van der Waals surface area contributed by atoms with Crippen LogP contribution in [0.3, 0.4) is 0 Å². The Balaban J connectivity index is 1.32. The fraction of sp³-hybridized carbons (Fsp3) is 0.286. The molecular formula is C21H21N3O3S. The van der Waals surface area contributed by atoms with Crippen LogP contribution >= 0.6 is 11.3 Å². The Morgan fingerprint density at radius 2 is 1.82 bits per heavy atom. The first-order chi connectivity index (χ1) is 13.7. The fourth-order valence-electron chi connectivity index (χ4n) is 3.42. The second-order valence-electron chi connectivity index (χ2n) is 6.84. The molecule has 6 nitrogen and oxygen atoms in total. The predicted octanol–water partition coefficient (Wildman–Crippen LogP) is 4.59. The third kappa shape index (κ3) is 4.48. The summed E-state index contributed by atoms with van der Waals surface area (Å²) in [6.45, 7) is 0. The zero-order chi connectivity index (χ0) is 19.3. The molecule has 28 heavy (non-hydrogen) atoms. The largest absolute Gasteiger partial charge is 0.446 e. The Bertz CT molecular complexity index is 940. The molecule has 1 aromatic heterocycles. The molecule has 0 radical (unpaired) electrons. The Hall–Kier alpha value is -2.93. The summed E-state index contributed by atoms with van der Waals surface area (Å²) in [5, 5.41) is 6.24. The number of ether oxygens (including phenoxy) is 1. The van der Waals surface area contributed by atoms with Crippen molar-refractivity contribution in [2.45, 2.75) is 37.8 Å². The molecule has 0 unspecified atom stereocenters. The van der Waals surface area contributed by atoms with E-state index in [-0.39, 0.29) is 18.1 Å². The van der Waals surface area contributed by atoms with Gasteiger partial charge in [0.25, 0.3) is 5.91 Å². The number of nitrogens with one attached hydrogen (secondary N) is 2. The minimum atomic E-state index is -0.464. The number of rotatable bonds is 4. The van der Waals surface area contributed by atoms with Crippen molar-refractivity contribution in [3.05, 3.63) is 59.6 Å². The highest BCUT2D eigenvalue weighted by Crippen LogP contribution is 2.24. The number of thiazole rings is 1. The number of carbonyl (C=O) groups is 2. The third-order valence-electron chi connectivity index (χ3n) is 4.74. The van der Waals surface area contributed by atoms with Crippen LogP contribution < -0.4 is 10.6 Å². The molecule has 0 saturated heterocycles. The van der Waals surface area contributed by atoms with Crippen molar-refractivity contribution < 1.29 is 14.3 Å². The number of anilines is 1. The summed E-state index contributed by atoms with van der Waals surface area (Å²) in [7, 11) is 0. The third-order valence-corrected chi connectivity index (χ3v) is 5.78. The van der Waals surface area contributed by atoms with Gasteiger partial charge in [-0.25, -0.2) is 9.78 Å². The van der Waals surface area contributed by atoms with Gasteiger partial charge < -0.3 is 10.1 Å². The lowest BCUT2D eigenvalue weighted by Gasteiger charge is -2.29. The Morgan fingerprint density at radius 1 is 1.04 bits per heavy atom. The number of benzene rings is 2. The number of fused-ring (bicyclic) bond motifs is 1. The monoisotopic (exact) mass is 395 g/mol. The maximum Gasteiger partial charge on any atom is 0.411 e. The van der Waals surface area contributed by atoms with Crippen LogP contribution in [0.25, 0.3) is 10.2 Å². The number of nitrogens with zero attached hydrogens (tertiary/aromatic N) is 1. The first-order valence-corrected chi connectivity index (χ1v) is 10.2. The van der Waals surface area contributed by atoms with E-state index in [1.54, 1.807) is 0 Å². The molecule has 0 spiro atoms. The van der Waals surface area contributed by atoms with E-state index in [0.717, 1.165) is 29.5 Å². The molecule has 7 heteroatoms. The molecule has 0 bridgehead atoms. The van der Waals surface area contributed by atoms with Crippen molar-refractivity contribution in [2.75, 3.05) is 5.32 Å². The zero-order valence-corrected chi connectivity index (χ0v) is 16.1. The summed E-state index contributed by atoms with van der Waals surface area (Å²) in [5.41, 5.74) is 1.53. The molecule has 144 valence electrons. The van der Waals surface area contributed by atoms with E-state index in [4.69, 9.17) is 4.74 Å². The van der Waals surface area contributed by atoms with E-state index in [9.17, 15) is 9.59 Å². The van der Waals surface area contributed by atoms with Gasteiger partial charge in [0.1, 0.15) is 6.10 Å². The summed E-state index contributed by atoms with van der Waals surface area (Å²) >= 11 is 1.39. The van der Waals surface area contributed by atoms with Crippen LogP contribution in [0.4, 0.5) is 10.5 Å². The van der Waals surface area contributed by atoms with E-state index in [1.807, 2.05) is 54.6 Å². The van der Waals surface area contributed by atoms with Gasteiger partial charge >= 0.3 is 6.09 Å². The van der Waals surface area contributed by atoms with E-state index in [1.165, 1.54) is 11.3 Å². The minimum Gasteiger partial charge on any atom is -0.446 e. The predicted molar refractivity (Wildman–Crippen MR) is 110 cm³/mol. The topological polar surface area (TPSA) is 80.3 Å². The molecule has 0 aliphatic heterocycles. The van der Waals surface area contributed by atoms with E-state index in [0.29, 0.717) is 17.1 Å². The van der Waals surface area contributed by atoms with Gasteiger partial charge in [-0.3, -0.25) is 10.1 Å². The lowest BCUT2D eigenvalue weighted by atomic mass is 9.93. The van der Waals surface area contributed by atoms with E-state index >= 15 is 0 Å². The fourth-order valence-corrected chi connectivity index (χ4v) is 4.29. The summed E-state index contributed by atoms with van der Waals surface area (Å²) in [5.74, 6) is -0.166. The quantitative estimate of drug-likeness (QED) is 0.677. The van der Waals surface area contributed by atoms with Crippen LogP contribution in [0.15, 0.2) is 54.6 Å². The minimum absolute atomic E-state index is 0.0252. The highest BCUT2D eigenvalue weighted by Gasteiger charge is 2.27. The molecule has 2 amide bonds. The smallest absolute Gasteiger partial charge is 0.411 e. The van der Waals surface area contributed by atoms with Gasteiger partial charge in [0.15, 0.2) is 5.01 Å². The normalized spacial score (nSPS) is 19.1. The lowest BCUT2D eigenvalue weighted by Crippen LogP contribution is -2.41. The average Bonchev–Trinajstić information content (AvgIpc) is 3.13. The van der Waals surface area contributed by atoms with Gasteiger partial charge in [-0.15, -0.1) is 11.3 Å². The average molecular weight is 395 g/mol. The van der Waals surface area contributed by atoms with Crippen LogP contribution in [-0.4, -0.2) is 29.1 Å². The van der Waals surface area contributed by atoms with Crippen molar-refractivity contribution >= 4 is 39.2 Å². The number of hydrogen-bond acceptors (Lipinski definition) is 5. The maximum atomic E-state index is 12.6. The summed E-state index contributed by atoms with van der Waals surface area (Å²) in [6, 6.07) is 16.9. The Morgan fingerprint density at radius 3 is 2.64 bits per heavy atom. The van der Waals surface area contributed by atoms with E-state index in [2.05, 4.69) is 15.6 Å². The molecular weight excluding hydrogens is 374 g/mol. The first kappa shape index (κ1) is 18.4. The molecule has 2 aromatic carbocycles. The Labute approximate surface area is 166 Å². The van der Waals surface area contributed by atoms with E-state index < -0.39 is 6.09 Å². The van der Waals surface area contributed by atoms with Crippen molar-refractivity contribution in [3.63, 3.8) is 0 Å². The van der Waals surface area contributed by atoms with Crippen molar-refractivity contribution in [1.82, 2.24) is 10.3 Å². The number of hydrogen-bond donors (Lipinski definition) is 2. The standard InChI is InChI=1S/C21H21N3O3S/c25-19(20-24-17-11-4-5-12-18(17)28-20)22-15-9-6-10-16(13-15)27-21(26)23-14-7-2-1-3-8-14/h1-5,7-8,11-12,15-16H,6,9-10,13H2,(H,22,25)(H,23,26)/t15-,16-/m0/s1. The molecule has 1 fully saturated rings. The van der Waals surface area contributed by atoms with Gasteiger partial charge in [0.05, 0.1) is 10.2 Å². The molecule has 1 saturated carbocycles. The molecule has 3 aromatic rings. The Kier molecular flexibility index (Phi) is 5.53. The molecule has 4 rings (SSSR count). The summed E-state index contributed by atoms with van der Waals surface area (Å²) in [4.78, 5) is 29.1. The van der Waals surface area contributed by atoms with Gasteiger partial charge in [-0.2, -0.15) is 0 Å². The van der Waals surface area contributed by atoms with Crippen LogP contribution in [0.1, 0.15) is 35.5 Å². The van der Waals surface area contributed by atoms with Gasteiger partial charge in [0.2, 0.25) is 0 Å². The molecule has 1 aliphatic rings. The first-order valence-electron chi connectivity index (χ1n) is 9.36. The number of carbonyl (C=O) groups excluding carboxylic acids is 2. The van der Waals surface area contributed by atoms with Gasteiger partial charge in [-0.05, 0) is 43.5 Å². The number of aromatic nitrogens is 1. The lowest BCUT2D eigenvalue weighted by molar-refractivity contribution is 0.0712. The second-order valence-corrected chi connectivity index (χ2v) is 7.87. The van der Waals surface area contributed by atoms with Gasteiger partial charge in [0, 0.05) is 18.2 Å². The van der Waals surface area contributed by atoms with Crippen LogP contribution in [0, 0.1) is 0 Å². The van der Waals surface area contributed by atoms with Crippen molar-refractivity contribution in [3.8, 4) is 0 Å². The second kappa shape index (κ2) is 8.39. The SMILES string of the molecule is O=C(Nc1ccccc1)O[C@H]1CCC[C@H](NC(=O)c2nc3ccccc3s2)C1. The highest BCUT2D eigenvalue weighted by molar-refractivity contribution is 7.20. The molecule has 1 aliphatic carbocycles. The number of amides is 2. The van der Waals surface area contributed by atoms with Crippen molar-refractivity contribution in [2.24, 2.45) is 0 Å². The van der Waals surface area contributed by atoms with Crippen LogP contribution in [-0.2, 0) is 4.74 Å².